The molecule has 7 heteroatoms. The number of guanidine groups is 1. The Labute approximate surface area is 172 Å². The van der Waals surface area contributed by atoms with Gasteiger partial charge in [-0.05, 0) is 48.6 Å². The molecule has 0 unspecified atom stereocenters. The van der Waals surface area contributed by atoms with Crippen molar-refractivity contribution in [1.82, 2.24) is 15.6 Å². The molecule has 2 aromatic rings. The summed E-state index contributed by atoms with van der Waals surface area (Å²) in [7, 11) is 3.41. The Kier molecular flexibility index (Phi) is 7.37. The smallest absolute Gasteiger partial charge is 0.191 e. The Bertz CT molecular complexity index is 788. The molecule has 2 heterocycles. The largest absolute Gasteiger partial charge is 0.497 e. The molecular weight excluding hydrogens is 374 g/mol. The molecular formula is C21H28ClN5O. The number of anilines is 1. The molecule has 0 aliphatic carbocycles. The lowest BCUT2D eigenvalue weighted by molar-refractivity contribution is 0.414. The van der Waals surface area contributed by atoms with Gasteiger partial charge >= 0.3 is 0 Å². The molecule has 1 aromatic heterocycles. The van der Waals surface area contributed by atoms with Gasteiger partial charge in [0, 0.05) is 44.4 Å². The van der Waals surface area contributed by atoms with Crippen molar-refractivity contribution in [1.29, 1.82) is 0 Å². The van der Waals surface area contributed by atoms with Crippen molar-refractivity contribution >= 4 is 23.4 Å². The molecule has 6 nitrogen and oxygen atoms in total. The number of rotatable bonds is 7. The number of hydrogen-bond donors (Lipinski definition) is 2. The predicted molar refractivity (Wildman–Crippen MR) is 116 cm³/mol. The van der Waals surface area contributed by atoms with Gasteiger partial charge in [0.2, 0.25) is 0 Å². The fourth-order valence-electron chi connectivity index (χ4n) is 3.23. The molecule has 1 aromatic carbocycles. The number of ether oxygens (including phenoxy) is 1. The molecule has 0 saturated carbocycles. The summed E-state index contributed by atoms with van der Waals surface area (Å²) >= 11 is 6.29. The molecule has 1 fully saturated rings. The van der Waals surface area contributed by atoms with Crippen LogP contribution in [0, 0.1) is 0 Å². The van der Waals surface area contributed by atoms with Gasteiger partial charge in [-0.2, -0.15) is 0 Å². The Balaban J connectivity index is 1.44. The van der Waals surface area contributed by atoms with Gasteiger partial charge in [-0.25, -0.2) is 4.98 Å². The lowest BCUT2D eigenvalue weighted by atomic mass is 10.1. The van der Waals surface area contributed by atoms with Gasteiger partial charge in [-0.3, -0.25) is 4.99 Å². The maximum atomic E-state index is 6.29. The Morgan fingerprint density at radius 2 is 2.04 bits per heavy atom. The molecule has 3 rings (SSSR count). The maximum absolute atomic E-state index is 6.29. The Morgan fingerprint density at radius 1 is 1.21 bits per heavy atom. The Hall–Kier alpha value is -2.47. The normalized spacial score (nSPS) is 14.2. The van der Waals surface area contributed by atoms with Gasteiger partial charge in [0.15, 0.2) is 5.96 Å². The van der Waals surface area contributed by atoms with Crippen LogP contribution in [0.3, 0.4) is 0 Å². The highest BCUT2D eigenvalue weighted by molar-refractivity contribution is 6.31. The zero-order valence-electron chi connectivity index (χ0n) is 16.5. The zero-order chi connectivity index (χ0) is 19.8. The third-order valence-electron chi connectivity index (χ3n) is 4.87. The van der Waals surface area contributed by atoms with Crippen LogP contribution in [0.5, 0.6) is 5.75 Å². The highest BCUT2D eigenvalue weighted by Crippen LogP contribution is 2.22. The molecule has 28 heavy (non-hydrogen) atoms. The Morgan fingerprint density at radius 3 is 2.68 bits per heavy atom. The standard InChI is InChI=1S/C21H28ClN5O/c1-23-21(24-10-9-17-6-7-18(28-2)13-19(17)22)26-15-16-5-8-20(25-14-16)27-11-3-4-12-27/h5-8,13-14H,3-4,9-12,15H2,1-2H3,(H2,23,24,26). The molecule has 1 aliphatic rings. The second-order valence-corrected chi connectivity index (χ2v) is 7.19. The highest BCUT2D eigenvalue weighted by atomic mass is 35.5. The summed E-state index contributed by atoms with van der Waals surface area (Å²) in [6, 6.07) is 9.98. The predicted octanol–water partition coefficient (Wildman–Crippen LogP) is 3.25. The molecule has 0 spiro atoms. The quantitative estimate of drug-likeness (QED) is 0.550. The van der Waals surface area contributed by atoms with Gasteiger partial charge in [0.1, 0.15) is 11.6 Å². The molecule has 1 saturated heterocycles. The van der Waals surface area contributed by atoms with Crippen LogP contribution in [-0.2, 0) is 13.0 Å². The fraction of sp³-hybridized carbons (Fsp3) is 0.429. The lowest BCUT2D eigenvalue weighted by Crippen LogP contribution is -2.37. The third-order valence-corrected chi connectivity index (χ3v) is 5.22. The van der Waals surface area contributed by atoms with E-state index in [-0.39, 0.29) is 0 Å². The highest BCUT2D eigenvalue weighted by Gasteiger charge is 2.13. The first-order chi connectivity index (χ1) is 13.7. The van der Waals surface area contributed by atoms with Gasteiger partial charge in [-0.1, -0.05) is 23.7 Å². The number of nitrogens with zero attached hydrogens (tertiary/aromatic N) is 3. The minimum Gasteiger partial charge on any atom is -0.497 e. The van der Waals surface area contributed by atoms with Crippen molar-refractivity contribution in [2.75, 3.05) is 38.7 Å². The molecule has 0 bridgehead atoms. The number of benzene rings is 1. The van der Waals surface area contributed by atoms with Crippen LogP contribution < -0.4 is 20.3 Å². The summed E-state index contributed by atoms with van der Waals surface area (Å²) in [5.41, 5.74) is 2.20. The number of halogens is 1. The van der Waals surface area contributed by atoms with Crippen LogP contribution in [-0.4, -0.2) is 44.7 Å². The molecule has 150 valence electrons. The van der Waals surface area contributed by atoms with Crippen molar-refractivity contribution in [2.24, 2.45) is 4.99 Å². The van der Waals surface area contributed by atoms with E-state index in [1.54, 1.807) is 14.2 Å². The van der Waals surface area contributed by atoms with Crippen LogP contribution in [0.4, 0.5) is 5.82 Å². The van der Waals surface area contributed by atoms with Crippen molar-refractivity contribution in [3.05, 3.63) is 52.7 Å². The average molecular weight is 402 g/mol. The zero-order valence-corrected chi connectivity index (χ0v) is 17.3. The average Bonchev–Trinajstić information content (AvgIpc) is 3.26. The summed E-state index contributed by atoms with van der Waals surface area (Å²) in [6.07, 6.45) is 5.25. The molecule has 0 atom stereocenters. The van der Waals surface area contributed by atoms with E-state index in [4.69, 9.17) is 16.3 Å². The van der Waals surface area contributed by atoms with Crippen LogP contribution in [0.15, 0.2) is 41.5 Å². The monoisotopic (exact) mass is 401 g/mol. The minimum atomic E-state index is 0.677. The molecule has 1 aliphatic heterocycles. The first-order valence-corrected chi connectivity index (χ1v) is 10.0. The number of aliphatic imine (C=N–C) groups is 1. The van der Waals surface area contributed by atoms with Crippen molar-refractivity contribution in [3.63, 3.8) is 0 Å². The van der Waals surface area contributed by atoms with E-state index in [2.05, 4.69) is 37.6 Å². The topological polar surface area (TPSA) is 61.8 Å². The van der Waals surface area contributed by atoms with Gasteiger partial charge in [0.25, 0.3) is 0 Å². The van der Waals surface area contributed by atoms with Gasteiger partial charge in [0.05, 0.1) is 7.11 Å². The number of methoxy groups -OCH3 is 1. The summed E-state index contributed by atoms with van der Waals surface area (Å²) in [4.78, 5) is 11.2. The fourth-order valence-corrected chi connectivity index (χ4v) is 3.50. The van der Waals surface area contributed by atoms with Crippen molar-refractivity contribution in [3.8, 4) is 5.75 Å². The number of hydrogen-bond acceptors (Lipinski definition) is 4. The van der Waals surface area contributed by atoms with E-state index in [9.17, 15) is 0 Å². The van der Waals surface area contributed by atoms with Crippen LogP contribution in [0.25, 0.3) is 0 Å². The molecule has 0 radical (unpaired) electrons. The second-order valence-electron chi connectivity index (χ2n) is 6.78. The van der Waals surface area contributed by atoms with Gasteiger partial charge < -0.3 is 20.3 Å². The molecule has 2 N–H and O–H groups in total. The summed E-state index contributed by atoms with van der Waals surface area (Å²) in [5, 5.41) is 7.36. The van der Waals surface area contributed by atoms with E-state index in [0.717, 1.165) is 54.7 Å². The van der Waals surface area contributed by atoms with E-state index in [1.165, 1.54) is 12.8 Å². The molecule has 0 amide bonds. The van der Waals surface area contributed by atoms with Crippen molar-refractivity contribution < 1.29 is 4.74 Å². The first kappa shape index (κ1) is 20.3. The van der Waals surface area contributed by atoms with Crippen LogP contribution in [0.2, 0.25) is 5.02 Å². The third kappa shape index (κ3) is 5.52. The summed E-state index contributed by atoms with van der Waals surface area (Å²) in [5.74, 6) is 2.59. The lowest BCUT2D eigenvalue weighted by Gasteiger charge is -2.16. The van der Waals surface area contributed by atoms with E-state index >= 15 is 0 Å². The SMILES string of the molecule is CN=C(NCCc1ccc(OC)cc1Cl)NCc1ccc(N2CCCC2)nc1. The minimum absolute atomic E-state index is 0.677. The van der Waals surface area contributed by atoms with Gasteiger partial charge in [-0.15, -0.1) is 0 Å². The van der Waals surface area contributed by atoms with Crippen molar-refractivity contribution in [2.45, 2.75) is 25.8 Å². The second kappa shape index (κ2) is 10.2. The van der Waals surface area contributed by atoms with E-state index in [1.807, 2.05) is 24.4 Å². The first-order valence-electron chi connectivity index (χ1n) is 9.66. The summed E-state index contributed by atoms with van der Waals surface area (Å²) < 4.78 is 5.18. The van der Waals surface area contributed by atoms with E-state index in [0.29, 0.717) is 11.6 Å². The van der Waals surface area contributed by atoms with Crippen LogP contribution >= 0.6 is 11.6 Å². The number of aromatic nitrogens is 1. The number of nitrogens with one attached hydrogen (secondary N) is 2. The maximum Gasteiger partial charge on any atom is 0.191 e. The number of pyridine rings is 1. The van der Waals surface area contributed by atoms with Crippen LogP contribution in [0.1, 0.15) is 24.0 Å². The van der Waals surface area contributed by atoms with E-state index < -0.39 is 0 Å². The summed E-state index contributed by atoms with van der Waals surface area (Å²) in [6.45, 7) is 3.63.